The van der Waals surface area contributed by atoms with Gasteiger partial charge in [-0.3, -0.25) is 0 Å². The van der Waals surface area contributed by atoms with Gasteiger partial charge in [-0.05, 0) is 29.2 Å². The Morgan fingerprint density at radius 1 is 1.06 bits per heavy atom. The maximum absolute atomic E-state index is 12.5. The highest BCUT2D eigenvalue weighted by atomic mass is 79.9. The Morgan fingerprint density at radius 2 is 1.56 bits per heavy atom. The molecule has 18 heavy (non-hydrogen) atoms. The minimum absolute atomic E-state index is 0.303. The van der Waals surface area contributed by atoms with Crippen molar-refractivity contribution in [2.24, 2.45) is 0 Å². The highest BCUT2D eigenvalue weighted by Gasteiger charge is 2.47. The molecule has 0 fully saturated rings. The lowest BCUT2D eigenvalue weighted by Gasteiger charge is -2.20. The number of hydrogen-bond donors (Lipinski definition) is 0. The predicted octanol–water partition coefficient (Wildman–Crippen LogP) is 4.04. The van der Waals surface area contributed by atoms with E-state index in [0.29, 0.717) is 10.0 Å². The molecular formula is C11H12BrF3O2S. The van der Waals surface area contributed by atoms with Crippen LogP contribution in [0, 0.1) is 0 Å². The van der Waals surface area contributed by atoms with Gasteiger partial charge in [-0.1, -0.05) is 36.7 Å². The van der Waals surface area contributed by atoms with Crippen LogP contribution in [0.3, 0.4) is 0 Å². The van der Waals surface area contributed by atoms with Crippen molar-refractivity contribution in [3.63, 3.8) is 0 Å². The van der Waals surface area contributed by atoms with Gasteiger partial charge < -0.3 is 0 Å². The monoisotopic (exact) mass is 344 g/mol. The van der Waals surface area contributed by atoms with Crippen molar-refractivity contribution in [1.29, 1.82) is 0 Å². The van der Waals surface area contributed by atoms with E-state index in [-0.39, 0.29) is 0 Å². The molecule has 1 aromatic rings. The topological polar surface area (TPSA) is 34.1 Å². The van der Waals surface area contributed by atoms with Gasteiger partial charge in [-0.2, -0.15) is 13.2 Å². The SMILES string of the molecule is CC(C)(C)c1cc(Br)cc(S(=O)(=O)C(F)(F)F)c1. The Bertz CT molecular complexity index is 557. The van der Waals surface area contributed by atoms with Crippen LogP contribution < -0.4 is 0 Å². The van der Waals surface area contributed by atoms with Gasteiger partial charge in [0.2, 0.25) is 0 Å². The summed E-state index contributed by atoms with van der Waals surface area (Å²) < 4.78 is 60.4. The standard InChI is InChI=1S/C11H12BrF3O2S/c1-10(2,3)7-4-8(12)6-9(5-7)18(16,17)11(13,14)15/h4-6H,1-3H3. The van der Waals surface area contributed by atoms with E-state index in [1.807, 2.05) is 0 Å². The molecule has 7 heteroatoms. The summed E-state index contributed by atoms with van der Waals surface area (Å²) >= 11 is 3.03. The summed E-state index contributed by atoms with van der Waals surface area (Å²) in [5.41, 5.74) is -5.22. The molecule has 1 rings (SSSR count). The van der Waals surface area contributed by atoms with Gasteiger partial charge in [0.1, 0.15) is 0 Å². The van der Waals surface area contributed by atoms with E-state index in [1.165, 1.54) is 0 Å². The summed E-state index contributed by atoms with van der Waals surface area (Å²) in [6, 6.07) is 3.63. The van der Waals surface area contributed by atoms with Gasteiger partial charge >= 0.3 is 5.51 Å². The van der Waals surface area contributed by atoms with Crippen molar-refractivity contribution in [1.82, 2.24) is 0 Å². The zero-order chi connectivity index (χ0) is 14.4. The van der Waals surface area contributed by atoms with Crippen LogP contribution in [-0.2, 0) is 15.3 Å². The second kappa shape index (κ2) is 4.52. The number of rotatable bonds is 1. The summed E-state index contributed by atoms with van der Waals surface area (Å²) in [7, 11) is -5.31. The normalized spacial score (nSPS) is 13.7. The number of hydrogen-bond acceptors (Lipinski definition) is 2. The number of benzene rings is 1. The molecule has 0 aromatic heterocycles. The average molecular weight is 345 g/mol. The Balaban J connectivity index is 3.51. The molecule has 0 spiro atoms. The molecule has 2 nitrogen and oxygen atoms in total. The third-order valence-electron chi connectivity index (χ3n) is 2.35. The summed E-state index contributed by atoms with van der Waals surface area (Å²) in [6.45, 7) is 5.37. The lowest BCUT2D eigenvalue weighted by Crippen LogP contribution is -2.24. The largest absolute Gasteiger partial charge is 0.501 e. The molecule has 102 valence electrons. The van der Waals surface area contributed by atoms with Crippen molar-refractivity contribution in [3.8, 4) is 0 Å². The Labute approximate surface area is 112 Å². The van der Waals surface area contributed by atoms with Crippen LogP contribution in [0.15, 0.2) is 27.6 Å². The first-order valence-electron chi connectivity index (χ1n) is 4.98. The lowest BCUT2D eigenvalue weighted by atomic mass is 9.87. The molecule has 0 aliphatic carbocycles. The summed E-state index contributed by atoms with van der Waals surface area (Å²) in [5, 5.41) is 0. The number of alkyl halides is 3. The maximum Gasteiger partial charge on any atom is 0.501 e. The molecule has 0 saturated heterocycles. The molecule has 0 aliphatic rings. The molecule has 0 bridgehead atoms. The van der Waals surface area contributed by atoms with Crippen LogP contribution in [0.4, 0.5) is 13.2 Å². The van der Waals surface area contributed by atoms with E-state index in [0.717, 1.165) is 12.1 Å². The van der Waals surface area contributed by atoms with Gasteiger partial charge in [0.05, 0.1) is 4.90 Å². The molecule has 0 amide bonds. The average Bonchev–Trinajstić information content (AvgIpc) is 2.13. The molecule has 0 radical (unpaired) electrons. The smallest absolute Gasteiger partial charge is 0.214 e. The second-order valence-corrected chi connectivity index (χ2v) is 7.73. The number of sulfone groups is 1. The van der Waals surface area contributed by atoms with E-state index in [4.69, 9.17) is 0 Å². The van der Waals surface area contributed by atoms with Crippen molar-refractivity contribution in [3.05, 3.63) is 28.2 Å². The van der Waals surface area contributed by atoms with Gasteiger partial charge in [-0.25, -0.2) is 8.42 Å². The highest BCUT2D eigenvalue weighted by molar-refractivity contribution is 9.10. The van der Waals surface area contributed by atoms with E-state index in [9.17, 15) is 21.6 Å². The van der Waals surface area contributed by atoms with Gasteiger partial charge in [0.25, 0.3) is 9.84 Å². The molecule has 0 aliphatic heterocycles. The quantitative estimate of drug-likeness (QED) is 0.770. The molecule has 0 heterocycles. The van der Waals surface area contributed by atoms with Crippen LogP contribution >= 0.6 is 15.9 Å². The van der Waals surface area contributed by atoms with Crippen LogP contribution in [-0.4, -0.2) is 13.9 Å². The zero-order valence-corrected chi connectivity index (χ0v) is 12.4. The second-order valence-electron chi connectivity index (χ2n) is 4.87. The third kappa shape index (κ3) is 3.06. The van der Waals surface area contributed by atoms with Gasteiger partial charge in [0.15, 0.2) is 0 Å². The van der Waals surface area contributed by atoms with Crippen molar-refractivity contribution >= 4 is 25.8 Å². The van der Waals surface area contributed by atoms with E-state index < -0.39 is 25.7 Å². The van der Waals surface area contributed by atoms with Crippen LogP contribution in [0.2, 0.25) is 0 Å². The van der Waals surface area contributed by atoms with Crippen LogP contribution in [0.25, 0.3) is 0 Å². The lowest BCUT2D eigenvalue weighted by molar-refractivity contribution is -0.0436. The molecular weight excluding hydrogens is 333 g/mol. The van der Waals surface area contributed by atoms with Crippen LogP contribution in [0.1, 0.15) is 26.3 Å². The van der Waals surface area contributed by atoms with E-state index >= 15 is 0 Å². The van der Waals surface area contributed by atoms with Crippen molar-refractivity contribution in [2.45, 2.75) is 36.6 Å². The fraction of sp³-hybridized carbons (Fsp3) is 0.455. The predicted molar refractivity (Wildman–Crippen MR) is 66.1 cm³/mol. The van der Waals surface area contributed by atoms with Crippen LogP contribution in [0.5, 0.6) is 0 Å². The minimum Gasteiger partial charge on any atom is -0.214 e. The molecule has 0 saturated carbocycles. The van der Waals surface area contributed by atoms with Gasteiger partial charge in [0, 0.05) is 4.47 Å². The first kappa shape index (κ1) is 15.5. The zero-order valence-electron chi connectivity index (χ0n) is 9.97. The van der Waals surface area contributed by atoms with Crippen molar-refractivity contribution < 1.29 is 21.6 Å². The maximum atomic E-state index is 12.5. The molecule has 0 unspecified atom stereocenters. The Morgan fingerprint density at radius 3 is 1.94 bits per heavy atom. The minimum atomic E-state index is -5.31. The summed E-state index contributed by atoms with van der Waals surface area (Å²) in [6.07, 6.45) is 0. The molecule has 1 aromatic carbocycles. The fourth-order valence-corrected chi connectivity index (χ4v) is 2.76. The first-order chi connectivity index (χ1) is 7.85. The van der Waals surface area contributed by atoms with E-state index in [1.54, 1.807) is 26.8 Å². The van der Waals surface area contributed by atoms with Gasteiger partial charge in [-0.15, -0.1) is 0 Å². The molecule has 0 atom stereocenters. The Hall–Kier alpha value is -0.560. The first-order valence-corrected chi connectivity index (χ1v) is 7.26. The van der Waals surface area contributed by atoms with E-state index in [2.05, 4.69) is 15.9 Å². The fourth-order valence-electron chi connectivity index (χ4n) is 1.28. The third-order valence-corrected chi connectivity index (χ3v) is 4.28. The van der Waals surface area contributed by atoms with Crippen molar-refractivity contribution in [2.75, 3.05) is 0 Å². The highest BCUT2D eigenvalue weighted by Crippen LogP contribution is 2.34. The Kier molecular flexibility index (Phi) is 3.89. The summed E-state index contributed by atoms with van der Waals surface area (Å²) in [5.74, 6) is 0. The number of halogens is 4. The summed E-state index contributed by atoms with van der Waals surface area (Å²) in [4.78, 5) is -0.741. The molecule has 0 N–H and O–H groups in total.